The van der Waals surface area contributed by atoms with E-state index < -0.39 is 0 Å². The molecule has 0 aliphatic heterocycles. The summed E-state index contributed by atoms with van der Waals surface area (Å²) in [5.41, 5.74) is 6.64. The average molecular weight is 261 g/mol. The number of carbonyl (C=O) groups excluding carboxylic acids is 1. The maximum absolute atomic E-state index is 12.4. The zero-order chi connectivity index (χ0) is 14.4. The molecule has 5 heteroatoms. The van der Waals surface area contributed by atoms with Gasteiger partial charge in [-0.15, -0.1) is 0 Å². The molecule has 2 N–H and O–H groups in total. The minimum absolute atomic E-state index is 0.172. The fourth-order valence-corrected chi connectivity index (χ4v) is 1.79. The highest BCUT2D eigenvalue weighted by Crippen LogP contribution is 2.23. The monoisotopic (exact) mass is 261 g/mol. The maximum atomic E-state index is 12.4. The highest BCUT2D eigenvalue weighted by molar-refractivity contribution is 5.97. The van der Waals surface area contributed by atoms with Crippen molar-refractivity contribution in [2.75, 3.05) is 25.9 Å². The van der Waals surface area contributed by atoms with Crippen LogP contribution in [-0.2, 0) is 0 Å². The Kier molecular flexibility index (Phi) is 5.19. The second-order valence-electron chi connectivity index (χ2n) is 4.33. The van der Waals surface area contributed by atoms with Crippen LogP contribution in [0.4, 0.5) is 5.69 Å². The first kappa shape index (κ1) is 14.8. The lowest BCUT2D eigenvalue weighted by atomic mass is 10.1. The number of nitriles is 1. The van der Waals surface area contributed by atoms with Gasteiger partial charge in [0.1, 0.15) is 5.75 Å². The molecule has 0 bridgehead atoms. The van der Waals surface area contributed by atoms with Crippen LogP contribution in [0.1, 0.15) is 24.2 Å². The van der Waals surface area contributed by atoms with Gasteiger partial charge in [-0.25, -0.2) is 0 Å². The van der Waals surface area contributed by atoms with Crippen LogP contribution in [0.2, 0.25) is 0 Å². The Balaban J connectivity index is 3.03. The van der Waals surface area contributed by atoms with Gasteiger partial charge in [-0.05, 0) is 32.0 Å². The van der Waals surface area contributed by atoms with Crippen LogP contribution in [0.3, 0.4) is 0 Å². The van der Waals surface area contributed by atoms with E-state index in [-0.39, 0.29) is 11.8 Å². The summed E-state index contributed by atoms with van der Waals surface area (Å²) in [5, 5.41) is 8.84. The predicted molar refractivity (Wildman–Crippen MR) is 73.8 cm³/mol. The second kappa shape index (κ2) is 6.64. The highest BCUT2D eigenvalue weighted by atomic mass is 16.5. The van der Waals surface area contributed by atoms with E-state index in [1.54, 1.807) is 30.0 Å². The number of anilines is 1. The van der Waals surface area contributed by atoms with Gasteiger partial charge in [-0.3, -0.25) is 4.79 Å². The molecule has 0 aliphatic rings. The third kappa shape index (κ3) is 3.62. The molecule has 1 amide bonds. The summed E-state index contributed by atoms with van der Waals surface area (Å²) in [4.78, 5) is 14.1. The third-order valence-electron chi connectivity index (χ3n) is 2.84. The van der Waals surface area contributed by atoms with Gasteiger partial charge in [0.15, 0.2) is 0 Å². The smallest absolute Gasteiger partial charge is 0.257 e. The van der Waals surface area contributed by atoms with Crippen LogP contribution in [0.25, 0.3) is 0 Å². The summed E-state index contributed by atoms with van der Waals surface area (Å²) in [6.07, 6.45) is 0. The summed E-state index contributed by atoms with van der Waals surface area (Å²) in [7, 11) is 1.51. The molecule has 0 saturated heterocycles. The molecule has 1 aromatic carbocycles. The summed E-state index contributed by atoms with van der Waals surface area (Å²) >= 11 is 0. The quantitative estimate of drug-likeness (QED) is 0.821. The van der Waals surface area contributed by atoms with Gasteiger partial charge in [-0.1, -0.05) is 0 Å². The number of hydrogen-bond acceptors (Lipinski definition) is 4. The number of amides is 1. The number of methoxy groups -OCH3 is 1. The molecule has 0 aliphatic carbocycles. The predicted octanol–water partition coefficient (Wildman–Crippen LogP) is 1.90. The van der Waals surface area contributed by atoms with Crippen LogP contribution in [0.15, 0.2) is 18.2 Å². The molecule has 19 heavy (non-hydrogen) atoms. The zero-order valence-electron chi connectivity index (χ0n) is 11.5. The number of benzene rings is 1. The van der Waals surface area contributed by atoms with Crippen molar-refractivity contribution in [3.63, 3.8) is 0 Å². The van der Waals surface area contributed by atoms with E-state index in [0.717, 1.165) is 0 Å². The molecular weight excluding hydrogens is 242 g/mol. The SMILES string of the molecule is CCN(CC(C)C#N)C(=O)c1cc(N)ccc1OC. The number of nitrogens with two attached hydrogens (primary N) is 1. The first-order valence-corrected chi connectivity index (χ1v) is 6.15. The molecule has 1 rings (SSSR count). The Hall–Kier alpha value is -2.22. The van der Waals surface area contributed by atoms with Crippen molar-refractivity contribution in [2.24, 2.45) is 5.92 Å². The van der Waals surface area contributed by atoms with Crippen molar-refractivity contribution < 1.29 is 9.53 Å². The fraction of sp³-hybridized carbons (Fsp3) is 0.429. The largest absolute Gasteiger partial charge is 0.496 e. The lowest BCUT2D eigenvalue weighted by Gasteiger charge is -2.23. The van der Waals surface area contributed by atoms with Gasteiger partial charge in [0.2, 0.25) is 0 Å². The van der Waals surface area contributed by atoms with E-state index in [1.165, 1.54) is 7.11 Å². The van der Waals surface area contributed by atoms with Crippen molar-refractivity contribution in [3.05, 3.63) is 23.8 Å². The van der Waals surface area contributed by atoms with Crippen LogP contribution < -0.4 is 10.5 Å². The summed E-state index contributed by atoms with van der Waals surface area (Å²) < 4.78 is 5.18. The zero-order valence-corrected chi connectivity index (χ0v) is 11.5. The van der Waals surface area contributed by atoms with Crippen molar-refractivity contribution in [1.29, 1.82) is 5.26 Å². The van der Waals surface area contributed by atoms with Crippen molar-refractivity contribution >= 4 is 11.6 Å². The summed E-state index contributed by atoms with van der Waals surface area (Å²) in [5.74, 6) is 0.104. The van der Waals surface area contributed by atoms with E-state index in [0.29, 0.717) is 30.1 Å². The van der Waals surface area contributed by atoms with Gasteiger partial charge in [-0.2, -0.15) is 5.26 Å². The minimum atomic E-state index is -0.212. The number of nitrogens with zero attached hydrogens (tertiary/aromatic N) is 2. The van der Waals surface area contributed by atoms with Gasteiger partial charge in [0.25, 0.3) is 5.91 Å². The van der Waals surface area contributed by atoms with Crippen LogP contribution >= 0.6 is 0 Å². The lowest BCUT2D eigenvalue weighted by molar-refractivity contribution is 0.0749. The van der Waals surface area contributed by atoms with Crippen LogP contribution in [0.5, 0.6) is 5.75 Å². The highest BCUT2D eigenvalue weighted by Gasteiger charge is 2.20. The molecule has 1 atom stereocenters. The first-order chi connectivity index (χ1) is 9.03. The summed E-state index contributed by atoms with van der Waals surface area (Å²) in [6, 6.07) is 7.08. The lowest BCUT2D eigenvalue weighted by Crippen LogP contribution is -2.34. The number of nitrogen functional groups attached to an aromatic ring is 1. The Labute approximate surface area is 113 Å². The number of rotatable bonds is 5. The van der Waals surface area contributed by atoms with E-state index in [4.69, 9.17) is 15.7 Å². The van der Waals surface area contributed by atoms with Gasteiger partial charge in [0.05, 0.1) is 24.7 Å². The fourth-order valence-electron chi connectivity index (χ4n) is 1.79. The van der Waals surface area contributed by atoms with Gasteiger partial charge >= 0.3 is 0 Å². The van der Waals surface area contributed by atoms with E-state index in [2.05, 4.69) is 6.07 Å². The molecule has 1 aromatic rings. The van der Waals surface area contributed by atoms with Crippen molar-refractivity contribution in [1.82, 2.24) is 4.90 Å². The topological polar surface area (TPSA) is 79.4 Å². The Morgan fingerprint density at radius 1 is 1.58 bits per heavy atom. The Bertz CT molecular complexity index is 494. The molecule has 1 unspecified atom stereocenters. The molecular formula is C14H19N3O2. The van der Waals surface area contributed by atoms with E-state index in [1.807, 2.05) is 6.92 Å². The molecule has 102 valence electrons. The Morgan fingerprint density at radius 2 is 2.26 bits per heavy atom. The molecule has 0 fully saturated rings. The third-order valence-corrected chi connectivity index (χ3v) is 2.84. The maximum Gasteiger partial charge on any atom is 0.257 e. The van der Waals surface area contributed by atoms with E-state index >= 15 is 0 Å². The van der Waals surface area contributed by atoms with Crippen molar-refractivity contribution in [3.8, 4) is 11.8 Å². The molecule has 5 nitrogen and oxygen atoms in total. The van der Waals surface area contributed by atoms with Crippen LogP contribution in [-0.4, -0.2) is 31.0 Å². The van der Waals surface area contributed by atoms with E-state index in [9.17, 15) is 4.79 Å². The Morgan fingerprint density at radius 3 is 2.79 bits per heavy atom. The number of ether oxygens (including phenoxy) is 1. The standard InChI is InChI=1S/C14H19N3O2/c1-4-17(9-10(2)8-15)14(18)12-7-11(16)5-6-13(12)19-3/h5-7,10H,4,9,16H2,1-3H3. The molecule has 0 saturated carbocycles. The molecule has 0 aromatic heterocycles. The van der Waals surface area contributed by atoms with Crippen LogP contribution in [0, 0.1) is 17.2 Å². The molecule has 0 radical (unpaired) electrons. The van der Waals surface area contributed by atoms with Crippen molar-refractivity contribution in [2.45, 2.75) is 13.8 Å². The van der Waals surface area contributed by atoms with Gasteiger partial charge < -0.3 is 15.4 Å². The average Bonchev–Trinajstić information content (AvgIpc) is 2.43. The van der Waals surface area contributed by atoms with Gasteiger partial charge in [0, 0.05) is 18.8 Å². The number of carbonyl (C=O) groups is 1. The number of hydrogen-bond donors (Lipinski definition) is 1. The summed E-state index contributed by atoms with van der Waals surface area (Å²) in [6.45, 7) is 4.58. The molecule has 0 heterocycles. The normalized spacial score (nSPS) is 11.5. The first-order valence-electron chi connectivity index (χ1n) is 6.15. The minimum Gasteiger partial charge on any atom is -0.496 e. The second-order valence-corrected chi connectivity index (χ2v) is 4.33. The molecule has 0 spiro atoms.